The molecule has 116 valence electrons. The molecule has 6 heteroatoms. The van der Waals surface area contributed by atoms with E-state index in [1.807, 2.05) is 27.7 Å². The fourth-order valence-corrected chi connectivity index (χ4v) is 2.11. The van der Waals surface area contributed by atoms with Gasteiger partial charge < -0.3 is 9.31 Å². The number of hydrogen-bond acceptors (Lipinski definition) is 2. The SMILES string of the molecule is CC1(C)OB(c2ccc(CCC(F)(F)F)cc2)OC1(C)C. The quantitative estimate of drug-likeness (QED) is 0.796. The maximum absolute atomic E-state index is 12.2. The van der Waals surface area contributed by atoms with Crippen molar-refractivity contribution < 1.29 is 22.5 Å². The normalized spacial score (nSPS) is 20.8. The summed E-state index contributed by atoms with van der Waals surface area (Å²) in [7, 11) is -0.480. The summed E-state index contributed by atoms with van der Waals surface area (Å²) in [5, 5.41) is 0. The first-order valence-corrected chi connectivity index (χ1v) is 7.01. The lowest BCUT2D eigenvalue weighted by atomic mass is 9.78. The van der Waals surface area contributed by atoms with Crippen LogP contribution in [0, 0.1) is 0 Å². The zero-order chi connectivity index (χ0) is 15.9. The number of halogens is 3. The first-order chi connectivity index (χ1) is 9.50. The van der Waals surface area contributed by atoms with Crippen LogP contribution in [0.4, 0.5) is 13.2 Å². The molecule has 1 aromatic rings. The van der Waals surface area contributed by atoms with Crippen LogP contribution in [-0.4, -0.2) is 24.5 Å². The molecule has 0 atom stereocenters. The summed E-state index contributed by atoms with van der Waals surface area (Å²) in [5.41, 5.74) is 0.635. The lowest BCUT2D eigenvalue weighted by Crippen LogP contribution is -2.41. The van der Waals surface area contributed by atoms with Gasteiger partial charge in [-0.25, -0.2) is 0 Å². The summed E-state index contributed by atoms with van der Waals surface area (Å²) in [6.45, 7) is 7.85. The molecule has 1 heterocycles. The Labute approximate surface area is 123 Å². The second-order valence-corrected chi connectivity index (χ2v) is 6.45. The zero-order valence-corrected chi connectivity index (χ0v) is 12.8. The average Bonchev–Trinajstić information content (AvgIpc) is 2.56. The van der Waals surface area contributed by atoms with Crippen LogP contribution in [0.5, 0.6) is 0 Å². The molecule has 1 aliphatic heterocycles. The van der Waals surface area contributed by atoms with E-state index in [0.717, 1.165) is 5.46 Å². The molecule has 1 fully saturated rings. The molecule has 1 saturated heterocycles. The topological polar surface area (TPSA) is 18.5 Å². The molecule has 0 N–H and O–H groups in total. The molecule has 0 spiro atoms. The highest BCUT2D eigenvalue weighted by Crippen LogP contribution is 2.36. The fraction of sp³-hybridized carbons (Fsp3) is 0.600. The van der Waals surface area contributed by atoms with Crippen molar-refractivity contribution in [1.82, 2.24) is 0 Å². The van der Waals surface area contributed by atoms with Crippen LogP contribution >= 0.6 is 0 Å². The van der Waals surface area contributed by atoms with Crippen LogP contribution in [-0.2, 0) is 15.7 Å². The van der Waals surface area contributed by atoms with Gasteiger partial charge >= 0.3 is 13.3 Å². The average molecular weight is 300 g/mol. The Balaban J connectivity index is 2.04. The molecule has 0 aromatic heterocycles. The third-order valence-electron chi connectivity index (χ3n) is 4.20. The van der Waals surface area contributed by atoms with Crippen LogP contribution in [0.25, 0.3) is 0 Å². The van der Waals surface area contributed by atoms with Crippen molar-refractivity contribution >= 4 is 12.6 Å². The monoisotopic (exact) mass is 300 g/mol. The van der Waals surface area contributed by atoms with Crippen LogP contribution in [0.15, 0.2) is 24.3 Å². The minimum atomic E-state index is -4.12. The number of rotatable bonds is 3. The summed E-state index contributed by atoms with van der Waals surface area (Å²) < 4.78 is 48.4. The van der Waals surface area contributed by atoms with Gasteiger partial charge in [-0.3, -0.25) is 0 Å². The van der Waals surface area contributed by atoms with Gasteiger partial charge in [-0.2, -0.15) is 13.2 Å². The highest BCUT2D eigenvalue weighted by molar-refractivity contribution is 6.62. The zero-order valence-electron chi connectivity index (χ0n) is 12.8. The summed E-state index contributed by atoms with van der Waals surface area (Å²) in [5.74, 6) is 0. The Hall–Kier alpha value is -1.01. The van der Waals surface area contributed by atoms with Crippen molar-refractivity contribution in [3.05, 3.63) is 29.8 Å². The maximum atomic E-state index is 12.2. The highest BCUT2D eigenvalue weighted by atomic mass is 19.4. The van der Waals surface area contributed by atoms with Gasteiger partial charge in [0.25, 0.3) is 0 Å². The standard InChI is InChI=1S/C15H20BF3O2/c1-13(2)14(3,4)21-16(20-13)12-7-5-11(6-8-12)9-10-15(17,18)19/h5-8H,9-10H2,1-4H3. The van der Waals surface area contributed by atoms with Gasteiger partial charge in [0.05, 0.1) is 11.2 Å². The molecular weight excluding hydrogens is 280 g/mol. The Morgan fingerprint density at radius 3 is 1.86 bits per heavy atom. The van der Waals surface area contributed by atoms with Gasteiger partial charge in [0.2, 0.25) is 0 Å². The molecular formula is C15H20BF3O2. The number of aryl methyl sites for hydroxylation is 1. The second-order valence-electron chi connectivity index (χ2n) is 6.45. The Morgan fingerprint density at radius 1 is 0.952 bits per heavy atom. The van der Waals surface area contributed by atoms with Gasteiger partial charge in [-0.05, 0) is 45.1 Å². The van der Waals surface area contributed by atoms with Gasteiger partial charge in [0, 0.05) is 6.42 Å². The van der Waals surface area contributed by atoms with Crippen molar-refractivity contribution in [1.29, 1.82) is 0 Å². The van der Waals surface area contributed by atoms with Crippen LogP contribution in [0.1, 0.15) is 39.7 Å². The molecule has 1 aromatic carbocycles. The lowest BCUT2D eigenvalue weighted by Gasteiger charge is -2.32. The lowest BCUT2D eigenvalue weighted by molar-refractivity contribution is -0.133. The van der Waals surface area contributed by atoms with E-state index in [2.05, 4.69) is 0 Å². The Morgan fingerprint density at radius 2 is 1.43 bits per heavy atom. The molecule has 2 rings (SSSR count). The molecule has 2 nitrogen and oxygen atoms in total. The Bertz CT molecular complexity index is 479. The number of benzene rings is 1. The van der Waals surface area contributed by atoms with E-state index in [-0.39, 0.29) is 6.42 Å². The smallest absolute Gasteiger partial charge is 0.399 e. The van der Waals surface area contributed by atoms with E-state index in [9.17, 15) is 13.2 Å². The molecule has 0 saturated carbocycles. The maximum Gasteiger partial charge on any atom is 0.494 e. The fourth-order valence-electron chi connectivity index (χ4n) is 2.11. The predicted molar refractivity (Wildman–Crippen MR) is 76.5 cm³/mol. The summed E-state index contributed by atoms with van der Waals surface area (Å²) in [4.78, 5) is 0. The van der Waals surface area contributed by atoms with E-state index in [1.165, 1.54) is 0 Å². The van der Waals surface area contributed by atoms with Crippen molar-refractivity contribution in [2.75, 3.05) is 0 Å². The summed E-state index contributed by atoms with van der Waals surface area (Å²) >= 11 is 0. The summed E-state index contributed by atoms with van der Waals surface area (Å²) in [6.07, 6.45) is -4.93. The van der Waals surface area contributed by atoms with Crippen LogP contribution in [0.2, 0.25) is 0 Å². The summed E-state index contributed by atoms with van der Waals surface area (Å²) in [6, 6.07) is 6.94. The van der Waals surface area contributed by atoms with Crippen molar-refractivity contribution in [2.45, 2.75) is 57.9 Å². The van der Waals surface area contributed by atoms with Gasteiger partial charge in [-0.1, -0.05) is 24.3 Å². The Kier molecular flexibility index (Phi) is 4.15. The minimum Gasteiger partial charge on any atom is -0.399 e. The molecule has 0 unspecified atom stereocenters. The second kappa shape index (κ2) is 5.32. The number of hydrogen-bond donors (Lipinski definition) is 0. The van der Waals surface area contributed by atoms with Crippen LogP contribution in [0.3, 0.4) is 0 Å². The first kappa shape index (κ1) is 16.4. The molecule has 21 heavy (non-hydrogen) atoms. The van der Waals surface area contributed by atoms with E-state index < -0.39 is 30.9 Å². The molecule has 0 radical (unpaired) electrons. The van der Waals surface area contributed by atoms with Crippen LogP contribution < -0.4 is 5.46 Å². The van der Waals surface area contributed by atoms with Crippen molar-refractivity contribution in [2.24, 2.45) is 0 Å². The predicted octanol–water partition coefficient (Wildman–Crippen LogP) is 3.48. The highest BCUT2D eigenvalue weighted by Gasteiger charge is 2.51. The van der Waals surface area contributed by atoms with E-state index in [4.69, 9.17) is 9.31 Å². The molecule has 1 aliphatic rings. The van der Waals surface area contributed by atoms with E-state index >= 15 is 0 Å². The van der Waals surface area contributed by atoms with Gasteiger partial charge in [0.15, 0.2) is 0 Å². The minimum absolute atomic E-state index is 0.00680. The van der Waals surface area contributed by atoms with Gasteiger partial charge in [0.1, 0.15) is 0 Å². The molecule has 0 aliphatic carbocycles. The van der Waals surface area contributed by atoms with Gasteiger partial charge in [-0.15, -0.1) is 0 Å². The largest absolute Gasteiger partial charge is 0.494 e. The third kappa shape index (κ3) is 3.80. The van der Waals surface area contributed by atoms with Crippen molar-refractivity contribution in [3.8, 4) is 0 Å². The molecule has 0 amide bonds. The van der Waals surface area contributed by atoms with Crippen molar-refractivity contribution in [3.63, 3.8) is 0 Å². The van der Waals surface area contributed by atoms with E-state index in [0.29, 0.717) is 5.56 Å². The first-order valence-electron chi connectivity index (χ1n) is 7.01. The third-order valence-corrected chi connectivity index (χ3v) is 4.20. The number of alkyl halides is 3. The van der Waals surface area contributed by atoms with E-state index in [1.54, 1.807) is 24.3 Å². The molecule has 0 bridgehead atoms.